The zero-order valence-corrected chi connectivity index (χ0v) is 15.4. The first-order valence-electron chi connectivity index (χ1n) is 9.38. The van der Waals surface area contributed by atoms with Gasteiger partial charge in [-0.05, 0) is 37.3 Å². The van der Waals surface area contributed by atoms with E-state index in [9.17, 15) is 4.79 Å². The van der Waals surface area contributed by atoms with Gasteiger partial charge in [0.25, 0.3) is 5.91 Å². The van der Waals surface area contributed by atoms with Gasteiger partial charge in [0.1, 0.15) is 0 Å². The highest BCUT2D eigenvalue weighted by Gasteiger charge is 2.24. The molecule has 1 amide bonds. The summed E-state index contributed by atoms with van der Waals surface area (Å²) in [5.41, 5.74) is 4.69. The molecular weight excluding hydrogens is 320 g/mol. The summed E-state index contributed by atoms with van der Waals surface area (Å²) in [5, 5.41) is 0.952. The molecule has 1 aromatic heterocycles. The zero-order valence-electron chi connectivity index (χ0n) is 15.4. The molecule has 0 aliphatic carbocycles. The molecule has 1 fully saturated rings. The van der Waals surface area contributed by atoms with Crippen molar-refractivity contribution in [3.63, 3.8) is 0 Å². The van der Waals surface area contributed by atoms with Crippen LogP contribution in [0.2, 0.25) is 0 Å². The second-order valence-corrected chi connectivity index (χ2v) is 7.37. The van der Waals surface area contributed by atoms with Crippen molar-refractivity contribution >= 4 is 16.8 Å². The van der Waals surface area contributed by atoms with Crippen LogP contribution in [0.1, 0.15) is 35.7 Å². The summed E-state index contributed by atoms with van der Waals surface area (Å²) in [5.74, 6) is 0.836. The van der Waals surface area contributed by atoms with Gasteiger partial charge in [0.2, 0.25) is 0 Å². The summed E-state index contributed by atoms with van der Waals surface area (Å²) in [7, 11) is 0. The minimum Gasteiger partial charge on any atom is -0.339 e. The van der Waals surface area contributed by atoms with Crippen LogP contribution in [0.3, 0.4) is 0 Å². The number of carbonyl (C=O) groups is 1. The minimum absolute atomic E-state index is 0.132. The Balaban J connectivity index is 1.84. The SMILES string of the molecule is Cc1cccc2c(C(=O)N3CCC(C)CC3)cc(-c3ccccc3)nc12. The molecule has 1 aliphatic rings. The van der Waals surface area contributed by atoms with Gasteiger partial charge < -0.3 is 4.90 Å². The molecule has 1 saturated heterocycles. The summed E-state index contributed by atoms with van der Waals surface area (Å²) in [6.45, 7) is 6.01. The molecule has 2 aromatic carbocycles. The zero-order chi connectivity index (χ0) is 18.1. The molecule has 132 valence electrons. The molecule has 0 N–H and O–H groups in total. The fourth-order valence-electron chi connectivity index (χ4n) is 3.71. The van der Waals surface area contributed by atoms with Gasteiger partial charge in [-0.1, -0.05) is 55.5 Å². The Bertz CT molecular complexity index is 941. The minimum atomic E-state index is 0.132. The van der Waals surface area contributed by atoms with E-state index in [0.717, 1.165) is 59.2 Å². The van der Waals surface area contributed by atoms with E-state index in [2.05, 4.69) is 19.9 Å². The van der Waals surface area contributed by atoms with Crippen molar-refractivity contribution in [3.8, 4) is 11.3 Å². The fraction of sp³-hybridized carbons (Fsp3) is 0.304. The number of nitrogens with zero attached hydrogens (tertiary/aromatic N) is 2. The second kappa shape index (κ2) is 6.91. The van der Waals surface area contributed by atoms with E-state index in [1.807, 2.05) is 53.4 Å². The number of aromatic nitrogens is 1. The number of hydrogen-bond acceptors (Lipinski definition) is 2. The molecule has 0 saturated carbocycles. The van der Waals surface area contributed by atoms with E-state index in [1.165, 1.54) is 0 Å². The summed E-state index contributed by atoms with van der Waals surface area (Å²) >= 11 is 0. The number of rotatable bonds is 2. The van der Waals surface area contributed by atoms with Gasteiger partial charge in [-0.15, -0.1) is 0 Å². The van der Waals surface area contributed by atoms with Gasteiger partial charge in [-0.3, -0.25) is 4.79 Å². The van der Waals surface area contributed by atoms with E-state index in [1.54, 1.807) is 0 Å². The molecule has 1 aliphatic heterocycles. The summed E-state index contributed by atoms with van der Waals surface area (Å²) in [4.78, 5) is 20.2. The summed E-state index contributed by atoms with van der Waals surface area (Å²) in [6, 6.07) is 18.2. The lowest BCUT2D eigenvalue weighted by atomic mass is 9.97. The van der Waals surface area contributed by atoms with Crippen molar-refractivity contribution in [1.82, 2.24) is 9.88 Å². The first-order chi connectivity index (χ1) is 12.6. The van der Waals surface area contributed by atoms with E-state index in [0.29, 0.717) is 5.92 Å². The maximum atomic E-state index is 13.3. The average Bonchev–Trinajstić information content (AvgIpc) is 2.68. The van der Waals surface area contributed by atoms with Gasteiger partial charge in [-0.2, -0.15) is 0 Å². The van der Waals surface area contributed by atoms with E-state index < -0.39 is 0 Å². The highest BCUT2D eigenvalue weighted by Crippen LogP contribution is 2.28. The molecule has 4 rings (SSSR count). The van der Waals surface area contributed by atoms with Crippen LogP contribution in [0.15, 0.2) is 54.6 Å². The van der Waals surface area contributed by atoms with Gasteiger partial charge in [-0.25, -0.2) is 4.98 Å². The third-order valence-electron chi connectivity index (χ3n) is 5.41. The number of piperidine rings is 1. The largest absolute Gasteiger partial charge is 0.339 e. The normalized spacial score (nSPS) is 15.4. The fourth-order valence-corrected chi connectivity index (χ4v) is 3.71. The number of aryl methyl sites for hydroxylation is 1. The Labute approximate surface area is 154 Å². The molecule has 3 aromatic rings. The number of pyridine rings is 1. The van der Waals surface area contributed by atoms with Crippen LogP contribution in [-0.4, -0.2) is 28.9 Å². The Kier molecular flexibility index (Phi) is 4.46. The number of likely N-dealkylation sites (tertiary alicyclic amines) is 1. The number of benzene rings is 2. The topological polar surface area (TPSA) is 33.2 Å². The van der Waals surface area contributed by atoms with Crippen molar-refractivity contribution in [2.45, 2.75) is 26.7 Å². The van der Waals surface area contributed by atoms with Gasteiger partial charge in [0, 0.05) is 24.0 Å². The van der Waals surface area contributed by atoms with E-state index >= 15 is 0 Å². The number of carbonyl (C=O) groups excluding carboxylic acids is 1. The van der Waals surface area contributed by atoms with Crippen molar-refractivity contribution in [3.05, 3.63) is 65.7 Å². The van der Waals surface area contributed by atoms with Crippen molar-refractivity contribution in [2.24, 2.45) is 5.92 Å². The van der Waals surface area contributed by atoms with Gasteiger partial charge in [0.15, 0.2) is 0 Å². The number of hydrogen-bond donors (Lipinski definition) is 0. The van der Waals surface area contributed by atoms with Crippen molar-refractivity contribution in [2.75, 3.05) is 13.1 Å². The first kappa shape index (κ1) is 16.8. The number of amides is 1. The molecular formula is C23H24N2O. The van der Waals surface area contributed by atoms with Gasteiger partial charge >= 0.3 is 0 Å². The van der Waals surface area contributed by atoms with E-state index in [-0.39, 0.29) is 5.91 Å². The van der Waals surface area contributed by atoms with Gasteiger partial charge in [0.05, 0.1) is 16.8 Å². The number of para-hydroxylation sites is 1. The van der Waals surface area contributed by atoms with Crippen LogP contribution in [0.4, 0.5) is 0 Å². The molecule has 3 heteroatoms. The smallest absolute Gasteiger partial charge is 0.254 e. The molecule has 26 heavy (non-hydrogen) atoms. The average molecular weight is 344 g/mol. The highest BCUT2D eigenvalue weighted by atomic mass is 16.2. The standard InChI is InChI=1S/C23H24N2O/c1-16-11-13-25(14-12-16)23(26)20-15-21(18-8-4-3-5-9-18)24-22-17(2)7-6-10-19(20)22/h3-10,15-16H,11-14H2,1-2H3. The Morgan fingerprint density at radius 3 is 2.50 bits per heavy atom. The van der Waals surface area contributed by atoms with Crippen LogP contribution in [-0.2, 0) is 0 Å². The molecule has 3 nitrogen and oxygen atoms in total. The molecule has 0 atom stereocenters. The molecule has 0 unspecified atom stereocenters. The van der Waals surface area contributed by atoms with Crippen LogP contribution in [0, 0.1) is 12.8 Å². The second-order valence-electron chi connectivity index (χ2n) is 7.37. The maximum Gasteiger partial charge on any atom is 0.254 e. The Morgan fingerprint density at radius 1 is 1.04 bits per heavy atom. The third-order valence-corrected chi connectivity index (χ3v) is 5.41. The quantitative estimate of drug-likeness (QED) is 0.649. The molecule has 2 heterocycles. The monoisotopic (exact) mass is 344 g/mol. The predicted molar refractivity (Wildman–Crippen MR) is 106 cm³/mol. The molecule has 0 bridgehead atoms. The molecule has 0 spiro atoms. The van der Waals surface area contributed by atoms with E-state index in [4.69, 9.17) is 4.98 Å². The lowest BCUT2D eigenvalue weighted by Crippen LogP contribution is -2.38. The van der Waals surface area contributed by atoms with Crippen LogP contribution in [0.5, 0.6) is 0 Å². The molecule has 0 radical (unpaired) electrons. The Hall–Kier alpha value is -2.68. The lowest BCUT2D eigenvalue weighted by Gasteiger charge is -2.30. The summed E-state index contributed by atoms with van der Waals surface area (Å²) < 4.78 is 0. The first-order valence-corrected chi connectivity index (χ1v) is 9.38. The van der Waals surface area contributed by atoms with Crippen LogP contribution < -0.4 is 0 Å². The lowest BCUT2D eigenvalue weighted by molar-refractivity contribution is 0.0699. The summed E-state index contributed by atoms with van der Waals surface area (Å²) in [6.07, 6.45) is 2.17. The van der Waals surface area contributed by atoms with Crippen molar-refractivity contribution in [1.29, 1.82) is 0 Å². The predicted octanol–water partition coefficient (Wildman–Crippen LogP) is 5.08. The Morgan fingerprint density at radius 2 is 1.77 bits per heavy atom. The maximum absolute atomic E-state index is 13.3. The van der Waals surface area contributed by atoms with Crippen LogP contribution >= 0.6 is 0 Å². The van der Waals surface area contributed by atoms with Crippen LogP contribution in [0.25, 0.3) is 22.2 Å². The third kappa shape index (κ3) is 3.10. The highest BCUT2D eigenvalue weighted by molar-refractivity contribution is 6.07. The van der Waals surface area contributed by atoms with Crippen molar-refractivity contribution < 1.29 is 4.79 Å². The number of fused-ring (bicyclic) bond motifs is 1.